The Kier molecular flexibility index (Phi) is 7.00. The van der Waals surface area contributed by atoms with Gasteiger partial charge >= 0.3 is 28.1 Å². The number of aromatic nitrogens is 2. The topological polar surface area (TPSA) is 33.5 Å². The summed E-state index contributed by atoms with van der Waals surface area (Å²) >= 11 is 0. The third kappa shape index (κ3) is 4.59. The van der Waals surface area contributed by atoms with E-state index in [1.165, 1.54) is 5.39 Å². The number of fused-ring (bicyclic) bond motifs is 4. The third-order valence-electron chi connectivity index (χ3n) is 7.85. The Bertz CT molecular complexity index is 2070. The predicted molar refractivity (Wildman–Crippen MR) is 172 cm³/mol. The van der Waals surface area contributed by atoms with Crippen molar-refractivity contribution < 1.29 is 25.7 Å². The summed E-state index contributed by atoms with van der Waals surface area (Å²) in [5.41, 5.74) is 6.93. The molecule has 5 aromatic carbocycles. The zero-order valence-electron chi connectivity index (χ0n) is 23.3. The molecule has 0 spiro atoms. The standard InChI is InChI=1S/C36H25BN4O.Pt/c1-39-33-18-7-8-19-35(33)42-37(39)26-12-11-15-28(24-26)40(27-13-3-2-4-14-27)29-21-22-31-30-16-5-6-17-32(30)41(34(31)25-29)36-20-9-10-23-38-36;/h2-23H,1H3;/q-2;+2. The largest absolute Gasteiger partial charge is 2.00 e. The molecule has 0 amide bonds. The molecule has 0 fully saturated rings. The van der Waals surface area contributed by atoms with Crippen molar-refractivity contribution in [1.82, 2.24) is 9.55 Å². The predicted octanol–water partition coefficient (Wildman–Crippen LogP) is 7.47. The molecule has 0 saturated heterocycles. The molecule has 0 bridgehead atoms. The molecule has 0 aliphatic carbocycles. The van der Waals surface area contributed by atoms with E-state index >= 15 is 0 Å². The Hall–Kier alpha value is -4.80. The van der Waals surface area contributed by atoms with E-state index in [0.717, 1.165) is 56.2 Å². The second kappa shape index (κ2) is 11.1. The van der Waals surface area contributed by atoms with Gasteiger partial charge in [-0.25, -0.2) is 4.98 Å². The van der Waals surface area contributed by atoms with Crippen LogP contribution in [0.1, 0.15) is 0 Å². The Labute approximate surface area is 265 Å². The Morgan fingerprint density at radius 2 is 1.47 bits per heavy atom. The van der Waals surface area contributed by atoms with Crippen molar-refractivity contribution in [3.63, 3.8) is 0 Å². The van der Waals surface area contributed by atoms with E-state index in [0.29, 0.717) is 0 Å². The van der Waals surface area contributed by atoms with E-state index < -0.39 is 0 Å². The maximum Gasteiger partial charge on any atom is 2.00 e. The first kappa shape index (κ1) is 27.1. The summed E-state index contributed by atoms with van der Waals surface area (Å²) < 4.78 is 8.56. The average Bonchev–Trinajstić information content (AvgIpc) is 3.57. The summed E-state index contributed by atoms with van der Waals surface area (Å²) in [5.74, 6) is 1.74. The molecule has 7 heteroatoms. The summed E-state index contributed by atoms with van der Waals surface area (Å²) in [4.78, 5) is 9.05. The Morgan fingerprint density at radius 3 is 2.30 bits per heavy atom. The van der Waals surface area contributed by atoms with Gasteiger partial charge in [-0.05, 0) is 54.9 Å². The van der Waals surface area contributed by atoms with Crippen LogP contribution in [0.15, 0.2) is 134 Å². The van der Waals surface area contributed by atoms with E-state index in [2.05, 4.69) is 118 Å². The maximum absolute atomic E-state index is 6.37. The van der Waals surface area contributed by atoms with Crippen LogP contribution in [0.4, 0.5) is 22.7 Å². The third-order valence-corrected chi connectivity index (χ3v) is 7.85. The number of hydrogen-bond acceptors (Lipinski definition) is 4. The molecule has 3 heterocycles. The van der Waals surface area contributed by atoms with E-state index in [1.807, 2.05) is 48.7 Å². The molecule has 0 radical (unpaired) electrons. The number of benzene rings is 5. The fourth-order valence-electron chi connectivity index (χ4n) is 5.92. The molecule has 0 saturated carbocycles. The van der Waals surface area contributed by atoms with E-state index in [-0.39, 0.29) is 28.1 Å². The van der Waals surface area contributed by atoms with E-state index in [1.54, 1.807) is 0 Å². The van der Waals surface area contributed by atoms with Gasteiger partial charge in [0.1, 0.15) is 11.6 Å². The second-order valence-electron chi connectivity index (χ2n) is 10.4. The van der Waals surface area contributed by atoms with Gasteiger partial charge < -0.3 is 18.9 Å². The first-order valence-electron chi connectivity index (χ1n) is 14.0. The fourth-order valence-corrected chi connectivity index (χ4v) is 5.92. The first-order valence-corrected chi connectivity index (χ1v) is 14.0. The Morgan fingerprint density at radius 1 is 0.698 bits per heavy atom. The molecule has 43 heavy (non-hydrogen) atoms. The minimum Gasteiger partial charge on any atom is -0.537 e. The molecule has 2 aromatic heterocycles. The van der Waals surface area contributed by atoms with E-state index in [4.69, 9.17) is 9.64 Å². The molecule has 5 nitrogen and oxygen atoms in total. The molecule has 0 N–H and O–H groups in total. The average molecular weight is 736 g/mol. The number of hydrogen-bond donors (Lipinski definition) is 0. The van der Waals surface area contributed by atoms with Gasteiger partial charge in [-0.2, -0.15) is 24.3 Å². The fraction of sp³-hybridized carbons (Fsp3) is 0.0278. The molecule has 208 valence electrons. The summed E-state index contributed by atoms with van der Waals surface area (Å²) in [6.45, 7) is 0. The van der Waals surface area contributed by atoms with Crippen molar-refractivity contribution in [2.45, 2.75) is 0 Å². The first-order chi connectivity index (χ1) is 20.8. The van der Waals surface area contributed by atoms with Crippen LogP contribution >= 0.6 is 0 Å². The van der Waals surface area contributed by atoms with Crippen molar-refractivity contribution in [1.29, 1.82) is 0 Å². The zero-order valence-corrected chi connectivity index (χ0v) is 25.6. The van der Waals surface area contributed by atoms with Crippen molar-refractivity contribution in [2.75, 3.05) is 16.8 Å². The van der Waals surface area contributed by atoms with Crippen LogP contribution in [0, 0.1) is 12.1 Å². The van der Waals surface area contributed by atoms with Gasteiger partial charge in [-0.15, -0.1) is 29.0 Å². The van der Waals surface area contributed by atoms with Gasteiger partial charge in [0.05, 0.1) is 5.69 Å². The summed E-state index contributed by atoms with van der Waals surface area (Å²) in [7, 11) is 1.79. The van der Waals surface area contributed by atoms with Gasteiger partial charge in [0.25, 0.3) is 0 Å². The van der Waals surface area contributed by atoms with Crippen LogP contribution in [0.2, 0.25) is 0 Å². The van der Waals surface area contributed by atoms with Crippen LogP contribution in [-0.2, 0) is 21.1 Å². The molecule has 0 unspecified atom stereocenters. The van der Waals surface area contributed by atoms with Gasteiger partial charge in [-0.3, -0.25) is 0 Å². The monoisotopic (exact) mass is 735 g/mol. The van der Waals surface area contributed by atoms with E-state index in [9.17, 15) is 0 Å². The SMILES string of the molecule is CN1B(c2[c-]c(N(c3[c-]c4c(cc3)c3ccccc3n4-c3ccccn3)c3ccccc3)ccc2)Oc2ccccc21.[Pt+2]. The molecule has 0 atom stereocenters. The van der Waals surface area contributed by atoms with Gasteiger partial charge in [0.15, 0.2) is 0 Å². The maximum atomic E-state index is 6.37. The minimum atomic E-state index is -0.266. The van der Waals surface area contributed by atoms with Crippen LogP contribution < -0.4 is 19.8 Å². The molecular formula is C36H25BN4OPt. The number of pyridine rings is 1. The van der Waals surface area contributed by atoms with Crippen molar-refractivity contribution in [2.24, 2.45) is 0 Å². The van der Waals surface area contributed by atoms with Crippen molar-refractivity contribution >= 4 is 57.1 Å². The molecular weight excluding hydrogens is 710 g/mol. The molecule has 7 aromatic rings. The van der Waals surface area contributed by atoms with Crippen molar-refractivity contribution in [3.05, 3.63) is 146 Å². The molecule has 1 aliphatic rings. The number of rotatable bonds is 5. The normalized spacial score (nSPS) is 12.2. The number of nitrogens with zero attached hydrogens (tertiary/aromatic N) is 4. The molecule has 8 rings (SSSR count). The zero-order chi connectivity index (χ0) is 28.0. The van der Waals surface area contributed by atoms with Crippen LogP contribution in [0.5, 0.6) is 5.75 Å². The van der Waals surface area contributed by atoms with Crippen LogP contribution in [0.3, 0.4) is 0 Å². The van der Waals surface area contributed by atoms with Gasteiger partial charge in [0.2, 0.25) is 0 Å². The molecule has 1 aliphatic heterocycles. The smallest absolute Gasteiger partial charge is 0.537 e. The Balaban J connectivity index is 0.00000300. The quantitative estimate of drug-likeness (QED) is 0.136. The minimum absolute atomic E-state index is 0. The summed E-state index contributed by atoms with van der Waals surface area (Å²) in [6, 6.07) is 51.0. The van der Waals surface area contributed by atoms with Crippen molar-refractivity contribution in [3.8, 4) is 11.6 Å². The second-order valence-corrected chi connectivity index (χ2v) is 10.4. The summed E-state index contributed by atoms with van der Waals surface area (Å²) in [6.07, 6.45) is 1.83. The van der Waals surface area contributed by atoms with Crippen LogP contribution in [0.25, 0.3) is 27.6 Å². The van der Waals surface area contributed by atoms with Gasteiger partial charge in [0, 0.05) is 17.4 Å². The number of para-hydroxylation sites is 4. The summed E-state index contributed by atoms with van der Waals surface area (Å²) in [5, 5.41) is 2.30. The number of anilines is 4. The van der Waals surface area contributed by atoms with Gasteiger partial charge in [-0.1, -0.05) is 71.5 Å². The van der Waals surface area contributed by atoms with Crippen LogP contribution in [-0.4, -0.2) is 23.6 Å².